The monoisotopic (exact) mass is 446 g/mol. The highest BCUT2D eigenvalue weighted by molar-refractivity contribution is 5.96. The third-order valence-corrected chi connectivity index (χ3v) is 5.50. The number of aromatic amines is 3. The predicted octanol–water partition coefficient (Wildman–Crippen LogP) is 0.868. The van der Waals surface area contributed by atoms with Gasteiger partial charge in [0, 0.05) is 34.2 Å². The molecule has 33 heavy (non-hydrogen) atoms. The molecule has 0 bridgehead atoms. The molecule has 3 N–H and O–H groups in total. The average molecular weight is 446 g/mol. The predicted molar refractivity (Wildman–Crippen MR) is 121 cm³/mol. The van der Waals surface area contributed by atoms with Gasteiger partial charge >= 0.3 is 11.9 Å². The molecule has 9 heteroatoms. The lowest BCUT2D eigenvalue weighted by Crippen LogP contribution is -2.23. The standard InChI is InChI=1S/C24H22N4O5/c1-12-15(14-5-7-25-8-6-14)9-17-18(23(30)28-22(17)27-12)10-19-21(24(31)33-4)16(13(2)26-19)11-20(29)32-3/h5-10,26-27H,1,11H2,2-4H3,(H,28,30). The Bertz CT molecular complexity index is 1600. The van der Waals surface area contributed by atoms with Crippen LogP contribution < -0.4 is 16.1 Å². The Balaban J connectivity index is 1.99. The Morgan fingerprint density at radius 3 is 2.52 bits per heavy atom. The lowest BCUT2D eigenvalue weighted by atomic mass is 10.0. The summed E-state index contributed by atoms with van der Waals surface area (Å²) < 4.78 is 9.69. The number of nitrogens with zero attached hydrogens (tertiary/aromatic N) is 1. The lowest BCUT2D eigenvalue weighted by Gasteiger charge is -2.04. The maximum atomic E-state index is 12.8. The van der Waals surface area contributed by atoms with Gasteiger partial charge in [0.1, 0.15) is 5.48 Å². The Labute approximate surface area is 187 Å². The number of pyridine rings is 1. The van der Waals surface area contributed by atoms with E-state index in [1.807, 2.05) is 18.2 Å². The molecular weight excluding hydrogens is 424 g/mol. The van der Waals surface area contributed by atoms with Gasteiger partial charge in [-0.15, -0.1) is 0 Å². The van der Waals surface area contributed by atoms with E-state index in [1.54, 1.807) is 25.4 Å². The molecule has 0 unspecified atom stereocenters. The normalized spacial score (nSPS) is 11.7. The van der Waals surface area contributed by atoms with Gasteiger partial charge in [-0.1, -0.05) is 6.58 Å². The van der Waals surface area contributed by atoms with Crippen molar-refractivity contribution in [1.29, 1.82) is 0 Å². The van der Waals surface area contributed by atoms with E-state index in [-0.39, 0.29) is 17.5 Å². The number of hydrogen-bond donors (Lipinski definition) is 3. The molecule has 168 valence electrons. The van der Waals surface area contributed by atoms with E-state index >= 15 is 0 Å². The SMILES string of the molecule is C=c1[nH]c2[nH]c(=O)c(=Cc3[nH]c(C)c(CC(=O)OC)c3C(=O)OC)c=2cc1-c1ccncc1. The zero-order valence-corrected chi connectivity index (χ0v) is 18.4. The first-order chi connectivity index (χ1) is 15.8. The number of rotatable bonds is 5. The zero-order chi connectivity index (χ0) is 23.7. The second-order valence-electron chi connectivity index (χ2n) is 7.46. The molecule has 9 nitrogen and oxygen atoms in total. The summed E-state index contributed by atoms with van der Waals surface area (Å²) in [6.45, 7) is 5.79. The maximum Gasteiger partial charge on any atom is 0.340 e. The van der Waals surface area contributed by atoms with Gasteiger partial charge in [0.05, 0.1) is 37.1 Å². The molecule has 2 aliphatic rings. The van der Waals surface area contributed by atoms with Crippen molar-refractivity contribution in [3.8, 4) is 11.1 Å². The minimum absolute atomic E-state index is 0.111. The third-order valence-electron chi connectivity index (χ3n) is 5.50. The van der Waals surface area contributed by atoms with E-state index in [9.17, 15) is 14.4 Å². The Hall–Kier alpha value is -4.40. The van der Waals surface area contributed by atoms with Gasteiger partial charge in [0.2, 0.25) is 0 Å². The van der Waals surface area contributed by atoms with E-state index in [4.69, 9.17) is 9.47 Å². The van der Waals surface area contributed by atoms with Crippen molar-refractivity contribution in [2.24, 2.45) is 0 Å². The fourth-order valence-electron chi connectivity index (χ4n) is 3.85. The van der Waals surface area contributed by atoms with Crippen LogP contribution >= 0.6 is 0 Å². The fraction of sp³-hybridized carbons (Fsp3) is 0.167. The van der Waals surface area contributed by atoms with Crippen LogP contribution in [0.1, 0.15) is 27.3 Å². The first-order valence-corrected chi connectivity index (χ1v) is 10.1. The Morgan fingerprint density at radius 2 is 1.85 bits per heavy atom. The fourth-order valence-corrected chi connectivity index (χ4v) is 3.85. The van der Waals surface area contributed by atoms with Crippen LogP contribution in [0.5, 0.6) is 0 Å². The summed E-state index contributed by atoms with van der Waals surface area (Å²) in [4.78, 5) is 50.4. The van der Waals surface area contributed by atoms with Gasteiger partial charge in [-0.25, -0.2) is 4.79 Å². The van der Waals surface area contributed by atoms with Crippen LogP contribution in [0, 0.1) is 17.6 Å². The molecule has 0 saturated carbocycles. The largest absolute Gasteiger partial charge is 0.469 e. The van der Waals surface area contributed by atoms with Crippen molar-refractivity contribution in [1.82, 2.24) is 19.9 Å². The van der Waals surface area contributed by atoms with Crippen molar-refractivity contribution in [2.75, 3.05) is 14.2 Å². The molecule has 0 saturated heterocycles. The van der Waals surface area contributed by atoms with Crippen molar-refractivity contribution < 1.29 is 19.1 Å². The summed E-state index contributed by atoms with van der Waals surface area (Å²) in [6.07, 6.45) is 4.82. The van der Waals surface area contributed by atoms with Gasteiger partial charge in [-0.05, 0) is 42.3 Å². The average Bonchev–Trinajstić information content (AvgIpc) is 3.28. The molecule has 2 aromatic heterocycles. The van der Waals surface area contributed by atoms with Crippen LogP contribution in [0.4, 0.5) is 0 Å². The number of carbonyl (C=O) groups is 2. The third kappa shape index (κ3) is 3.96. The van der Waals surface area contributed by atoms with Crippen LogP contribution in [0.15, 0.2) is 35.4 Å². The van der Waals surface area contributed by atoms with Gasteiger partial charge in [-0.3, -0.25) is 14.6 Å². The highest BCUT2D eigenvalue weighted by Gasteiger charge is 2.23. The Morgan fingerprint density at radius 1 is 1.12 bits per heavy atom. The summed E-state index contributed by atoms with van der Waals surface area (Å²) in [7, 11) is 2.53. The highest BCUT2D eigenvalue weighted by atomic mass is 16.5. The topological polar surface area (TPSA) is 130 Å². The van der Waals surface area contributed by atoms with Gasteiger partial charge in [0.25, 0.3) is 5.56 Å². The molecular formula is C24H22N4O5. The summed E-state index contributed by atoms with van der Waals surface area (Å²) in [5.41, 5.74) is 3.46. The van der Waals surface area contributed by atoms with Crippen LogP contribution in [0.3, 0.4) is 0 Å². The molecule has 0 amide bonds. The van der Waals surface area contributed by atoms with E-state index < -0.39 is 11.9 Å². The van der Waals surface area contributed by atoms with E-state index in [1.165, 1.54) is 14.2 Å². The minimum atomic E-state index is -0.624. The quantitative estimate of drug-likeness (QED) is 0.390. The molecule has 2 aromatic rings. The van der Waals surface area contributed by atoms with E-state index in [2.05, 4.69) is 26.5 Å². The molecule has 0 fully saturated rings. The van der Waals surface area contributed by atoms with Gasteiger partial charge < -0.3 is 24.4 Å². The Kier molecular flexibility index (Phi) is 5.70. The van der Waals surface area contributed by atoms with Crippen molar-refractivity contribution in [2.45, 2.75) is 13.3 Å². The van der Waals surface area contributed by atoms with E-state index in [0.29, 0.717) is 38.2 Å². The highest BCUT2D eigenvalue weighted by Crippen LogP contribution is 2.22. The number of hydrogen-bond acceptors (Lipinski definition) is 6. The number of nitrogens with one attached hydrogen (secondary N) is 3. The van der Waals surface area contributed by atoms with Crippen molar-refractivity contribution >= 4 is 24.6 Å². The molecule has 2 aliphatic heterocycles. The van der Waals surface area contributed by atoms with Crippen LogP contribution in [-0.2, 0) is 20.7 Å². The lowest BCUT2D eigenvalue weighted by molar-refractivity contribution is -0.139. The van der Waals surface area contributed by atoms with E-state index in [0.717, 1.165) is 11.1 Å². The number of carbonyl (C=O) groups excluding carboxylic acids is 2. The first kappa shape index (κ1) is 21.8. The number of aromatic nitrogens is 4. The number of methoxy groups -OCH3 is 2. The molecule has 0 aromatic carbocycles. The first-order valence-electron chi connectivity index (χ1n) is 10.1. The maximum absolute atomic E-state index is 12.8. The van der Waals surface area contributed by atoms with Crippen molar-refractivity contribution in [3.63, 3.8) is 0 Å². The molecule has 0 radical (unpaired) electrons. The second-order valence-corrected chi connectivity index (χ2v) is 7.46. The minimum Gasteiger partial charge on any atom is -0.469 e. The summed E-state index contributed by atoms with van der Waals surface area (Å²) in [6, 6.07) is 5.55. The molecule has 0 spiro atoms. The summed E-state index contributed by atoms with van der Waals surface area (Å²) >= 11 is 0. The van der Waals surface area contributed by atoms with Gasteiger partial charge in [-0.2, -0.15) is 0 Å². The van der Waals surface area contributed by atoms with Crippen molar-refractivity contribution in [3.05, 3.63) is 84.7 Å². The van der Waals surface area contributed by atoms with Crippen LogP contribution in [-0.4, -0.2) is 46.1 Å². The summed E-state index contributed by atoms with van der Waals surface area (Å²) in [5, 5.41) is 1.59. The molecule has 4 rings (SSSR count). The molecule has 0 aliphatic carbocycles. The second kappa shape index (κ2) is 8.62. The number of esters is 2. The molecule has 0 atom stereocenters. The molecule has 4 heterocycles. The summed E-state index contributed by atoms with van der Waals surface area (Å²) in [5.74, 6) is -1.12. The number of H-pyrrole nitrogens is 3. The van der Waals surface area contributed by atoms with Gasteiger partial charge in [0.15, 0.2) is 0 Å². The number of ether oxygens (including phenoxy) is 2. The zero-order valence-electron chi connectivity index (χ0n) is 18.4. The van der Waals surface area contributed by atoms with Crippen LogP contribution in [0.25, 0.3) is 23.8 Å². The van der Waals surface area contributed by atoms with Crippen LogP contribution in [0.2, 0.25) is 0 Å². The smallest absolute Gasteiger partial charge is 0.340 e. The number of aryl methyl sites for hydroxylation is 1.